The second-order valence-corrected chi connectivity index (χ2v) is 26.7. The third-order valence-corrected chi connectivity index (χ3v) is 18.3. The van der Waals surface area contributed by atoms with E-state index in [1.165, 1.54) is 366 Å². The molecule has 6 nitrogen and oxygen atoms in total. The number of carbonyl (C=O) groups excluding carboxylic acids is 2. The molecule has 83 heavy (non-hydrogen) atoms. The molecule has 6 heteroatoms. The Morgan fingerprint density at radius 2 is 0.566 bits per heavy atom. The number of rotatable bonds is 73. The normalized spacial score (nSPS) is 12.5. The third kappa shape index (κ3) is 69.6. The van der Waals surface area contributed by atoms with E-state index in [2.05, 4.69) is 31.3 Å². The molecule has 0 aromatic heterocycles. The summed E-state index contributed by atoms with van der Waals surface area (Å²) in [6, 6.07) is -0.539. The van der Waals surface area contributed by atoms with Crippen LogP contribution in [0, 0.1) is 0 Å². The highest BCUT2D eigenvalue weighted by molar-refractivity contribution is 5.76. The second kappa shape index (κ2) is 73.1. The molecule has 0 radical (unpaired) electrons. The van der Waals surface area contributed by atoms with Gasteiger partial charge in [0.05, 0.1) is 25.4 Å². The third-order valence-electron chi connectivity index (χ3n) is 18.3. The van der Waals surface area contributed by atoms with Gasteiger partial charge in [0.1, 0.15) is 0 Å². The molecule has 0 aliphatic heterocycles. The first-order valence-corrected chi connectivity index (χ1v) is 38.4. The zero-order chi connectivity index (χ0) is 59.9. The molecule has 0 aromatic carbocycles. The summed E-state index contributed by atoms with van der Waals surface area (Å²) < 4.78 is 5.51. The molecule has 0 rings (SSSR count). The Labute approximate surface area is 520 Å². The van der Waals surface area contributed by atoms with Gasteiger partial charge < -0.3 is 20.3 Å². The van der Waals surface area contributed by atoms with Gasteiger partial charge in [-0.15, -0.1) is 0 Å². The van der Waals surface area contributed by atoms with Crippen LogP contribution in [0.5, 0.6) is 0 Å². The standard InChI is InChI=1S/C77H151NO5/c1-3-5-7-9-11-13-15-17-19-21-22-34-38-41-45-49-53-57-61-65-69-75(80)74(73-79)78-76(81)70-66-62-58-54-50-46-42-39-35-32-30-28-26-24-23-25-27-29-31-33-36-40-44-48-52-56-60-64-68-72-83-77(82)71-67-63-59-55-51-47-43-37-20-18-16-14-12-10-8-6-4-2/h18,20,74-75,79-80H,3-17,19,21-73H2,1-2H3,(H,78,81)/b20-18-. The molecular weight excluding hydrogens is 1020 g/mol. The van der Waals surface area contributed by atoms with Gasteiger partial charge in [-0.2, -0.15) is 0 Å². The van der Waals surface area contributed by atoms with E-state index < -0.39 is 12.1 Å². The van der Waals surface area contributed by atoms with E-state index in [9.17, 15) is 19.8 Å². The van der Waals surface area contributed by atoms with E-state index in [4.69, 9.17) is 4.74 Å². The lowest BCUT2D eigenvalue weighted by molar-refractivity contribution is -0.143. The topological polar surface area (TPSA) is 95.9 Å². The van der Waals surface area contributed by atoms with Crippen LogP contribution in [0.3, 0.4) is 0 Å². The minimum Gasteiger partial charge on any atom is -0.466 e. The number of nitrogens with one attached hydrogen (secondary N) is 1. The lowest BCUT2D eigenvalue weighted by atomic mass is 10.0. The van der Waals surface area contributed by atoms with Crippen LogP contribution in [0.15, 0.2) is 12.2 Å². The van der Waals surface area contributed by atoms with Crippen molar-refractivity contribution < 1.29 is 24.5 Å². The highest BCUT2D eigenvalue weighted by atomic mass is 16.5. The van der Waals surface area contributed by atoms with Crippen LogP contribution >= 0.6 is 0 Å². The monoisotopic (exact) mass is 1170 g/mol. The summed E-state index contributed by atoms with van der Waals surface area (Å²) >= 11 is 0. The Bertz CT molecular complexity index is 1260. The largest absolute Gasteiger partial charge is 0.466 e. The average molecular weight is 1170 g/mol. The number of esters is 1. The molecule has 0 fully saturated rings. The van der Waals surface area contributed by atoms with Crippen molar-refractivity contribution in [3.05, 3.63) is 12.2 Å². The maximum Gasteiger partial charge on any atom is 0.305 e. The van der Waals surface area contributed by atoms with Crippen molar-refractivity contribution in [2.24, 2.45) is 0 Å². The van der Waals surface area contributed by atoms with Gasteiger partial charge in [-0.25, -0.2) is 0 Å². The number of amides is 1. The summed E-state index contributed by atoms with van der Waals surface area (Å²) in [6.07, 6.45) is 91.4. The molecule has 0 aliphatic carbocycles. The first-order valence-electron chi connectivity index (χ1n) is 38.4. The van der Waals surface area contributed by atoms with Crippen molar-refractivity contribution in [2.45, 2.75) is 456 Å². The Morgan fingerprint density at radius 3 is 0.855 bits per heavy atom. The number of unbranched alkanes of at least 4 members (excludes halogenated alkanes) is 60. The zero-order valence-corrected chi connectivity index (χ0v) is 56.7. The summed E-state index contributed by atoms with van der Waals surface area (Å²) in [6.45, 7) is 5.00. The van der Waals surface area contributed by atoms with Gasteiger partial charge in [-0.3, -0.25) is 9.59 Å². The molecule has 0 heterocycles. The van der Waals surface area contributed by atoms with Gasteiger partial charge in [0, 0.05) is 12.8 Å². The smallest absolute Gasteiger partial charge is 0.305 e. The van der Waals surface area contributed by atoms with Crippen LogP contribution in [0.1, 0.15) is 444 Å². The van der Waals surface area contributed by atoms with Gasteiger partial charge >= 0.3 is 5.97 Å². The molecule has 494 valence electrons. The lowest BCUT2D eigenvalue weighted by Crippen LogP contribution is -2.45. The number of hydrogen-bond acceptors (Lipinski definition) is 5. The number of hydrogen-bond donors (Lipinski definition) is 3. The fourth-order valence-corrected chi connectivity index (χ4v) is 12.5. The molecule has 0 bridgehead atoms. The van der Waals surface area contributed by atoms with Gasteiger partial charge in [0.25, 0.3) is 0 Å². The number of allylic oxidation sites excluding steroid dienone is 2. The van der Waals surface area contributed by atoms with Crippen molar-refractivity contribution >= 4 is 11.9 Å². The van der Waals surface area contributed by atoms with Gasteiger partial charge in [-0.1, -0.05) is 392 Å². The molecule has 0 aliphatic rings. The van der Waals surface area contributed by atoms with E-state index >= 15 is 0 Å². The fraction of sp³-hybridized carbons (Fsp3) is 0.948. The van der Waals surface area contributed by atoms with E-state index in [0.717, 1.165) is 44.9 Å². The van der Waals surface area contributed by atoms with Gasteiger partial charge in [0.15, 0.2) is 0 Å². The molecule has 2 unspecified atom stereocenters. The molecule has 2 atom stereocenters. The van der Waals surface area contributed by atoms with E-state index in [1.54, 1.807) is 0 Å². The van der Waals surface area contributed by atoms with Crippen LogP contribution in [-0.2, 0) is 14.3 Å². The number of ether oxygens (including phenoxy) is 1. The summed E-state index contributed by atoms with van der Waals surface area (Å²) in [4.78, 5) is 24.7. The molecule has 0 aromatic rings. The lowest BCUT2D eigenvalue weighted by Gasteiger charge is -2.22. The minimum atomic E-state index is -0.662. The summed E-state index contributed by atoms with van der Waals surface area (Å²) in [5, 5.41) is 23.4. The summed E-state index contributed by atoms with van der Waals surface area (Å²) in [5.41, 5.74) is 0. The average Bonchev–Trinajstić information content (AvgIpc) is 3.48. The quantitative estimate of drug-likeness (QED) is 0.0320. The maximum absolute atomic E-state index is 12.6. The molecule has 3 N–H and O–H groups in total. The number of aliphatic hydroxyl groups excluding tert-OH is 2. The predicted octanol–water partition coefficient (Wildman–Crippen LogP) is 25.1. The molecule has 0 spiro atoms. The zero-order valence-electron chi connectivity index (χ0n) is 56.7. The minimum absolute atomic E-state index is 0.0174. The highest BCUT2D eigenvalue weighted by Gasteiger charge is 2.20. The first kappa shape index (κ1) is 81.6. The Kier molecular flexibility index (Phi) is 71.8. The first-order chi connectivity index (χ1) is 41.0. The summed E-state index contributed by atoms with van der Waals surface area (Å²) in [7, 11) is 0. The van der Waals surface area contributed by atoms with Crippen molar-refractivity contribution in [3.63, 3.8) is 0 Å². The Balaban J connectivity index is 3.33. The van der Waals surface area contributed by atoms with Crippen LogP contribution < -0.4 is 5.32 Å². The van der Waals surface area contributed by atoms with Crippen molar-refractivity contribution in [3.8, 4) is 0 Å². The van der Waals surface area contributed by atoms with Crippen molar-refractivity contribution in [2.75, 3.05) is 13.2 Å². The molecule has 1 amide bonds. The van der Waals surface area contributed by atoms with Crippen molar-refractivity contribution in [1.82, 2.24) is 5.32 Å². The fourth-order valence-electron chi connectivity index (χ4n) is 12.5. The Hall–Kier alpha value is -1.40. The molecular formula is C77H151NO5. The van der Waals surface area contributed by atoms with Gasteiger partial charge in [-0.05, 0) is 51.4 Å². The van der Waals surface area contributed by atoms with E-state index in [1.807, 2.05) is 0 Å². The number of aliphatic hydroxyl groups is 2. The molecule has 0 saturated heterocycles. The SMILES string of the molecule is CCCCCCCC/C=C\CCCCCCCCCC(=O)OCCCCCCCCCCCCCCCCCCCCCCCCCCCCCCCC(=O)NC(CO)C(O)CCCCCCCCCCCCCCCCCCCCCC. The van der Waals surface area contributed by atoms with Crippen LogP contribution in [0.25, 0.3) is 0 Å². The van der Waals surface area contributed by atoms with Crippen LogP contribution in [0.4, 0.5) is 0 Å². The highest BCUT2D eigenvalue weighted by Crippen LogP contribution is 2.20. The van der Waals surface area contributed by atoms with E-state index in [0.29, 0.717) is 25.9 Å². The molecule has 0 saturated carbocycles. The van der Waals surface area contributed by atoms with Crippen LogP contribution in [0.2, 0.25) is 0 Å². The number of carbonyl (C=O) groups is 2. The van der Waals surface area contributed by atoms with Gasteiger partial charge in [0.2, 0.25) is 5.91 Å². The predicted molar refractivity (Wildman–Crippen MR) is 366 cm³/mol. The van der Waals surface area contributed by atoms with Crippen LogP contribution in [-0.4, -0.2) is 47.4 Å². The summed E-state index contributed by atoms with van der Waals surface area (Å²) in [5.74, 6) is -0.00872. The Morgan fingerprint density at radius 1 is 0.325 bits per heavy atom. The maximum atomic E-state index is 12.6. The van der Waals surface area contributed by atoms with Crippen molar-refractivity contribution in [1.29, 1.82) is 0 Å². The van der Waals surface area contributed by atoms with E-state index in [-0.39, 0.29) is 18.5 Å². The second-order valence-electron chi connectivity index (χ2n) is 26.7.